The minimum absolute atomic E-state index is 0.346. The van der Waals surface area contributed by atoms with Crippen LogP contribution in [0.2, 0.25) is 0 Å². The molecule has 0 radical (unpaired) electrons. The lowest BCUT2D eigenvalue weighted by Gasteiger charge is -2.21. The molecule has 5 heteroatoms. The molecular formula is C16H18N2O2S. The van der Waals surface area contributed by atoms with Crippen LogP contribution < -0.4 is 0 Å². The Hall–Kier alpha value is -2.01. The minimum atomic E-state index is -0.565. The number of aromatic nitrogens is 2. The van der Waals surface area contributed by atoms with Crippen molar-refractivity contribution in [1.29, 1.82) is 0 Å². The van der Waals surface area contributed by atoms with Crippen LogP contribution in [0.1, 0.15) is 36.8 Å². The van der Waals surface area contributed by atoms with Crippen LogP contribution in [0.25, 0.3) is 11.3 Å². The van der Waals surface area contributed by atoms with Crippen LogP contribution in [-0.2, 0) is 4.74 Å². The maximum absolute atomic E-state index is 12.5. The summed E-state index contributed by atoms with van der Waals surface area (Å²) in [5, 5.41) is 0. The van der Waals surface area contributed by atoms with Crippen LogP contribution in [0.5, 0.6) is 0 Å². The minimum Gasteiger partial charge on any atom is -0.456 e. The van der Waals surface area contributed by atoms with Crippen LogP contribution >= 0.6 is 12.2 Å². The first-order chi connectivity index (χ1) is 9.78. The molecule has 0 atom stereocenters. The average molecular weight is 302 g/mol. The van der Waals surface area contributed by atoms with Crippen molar-refractivity contribution in [2.45, 2.75) is 33.3 Å². The zero-order valence-electron chi connectivity index (χ0n) is 12.6. The van der Waals surface area contributed by atoms with Gasteiger partial charge in [0, 0.05) is 11.3 Å². The van der Waals surface area contributed by atoms with Gasteiger partial charge in [-0.3, -0.25) is 0 Å². The number of hydrogen-bond acceptors (Lipinski definition) is 4. The van der Waals surface area contributed by atoms with Crippen molar-refractivity contribution in [3.8, 4) is 11.3 Å². The third-order valence-corrected chi connectivity index (χ3v) is 2.96. The Morgan fingerprint density at radius 2 is 1.86 bits per heavy atom. The van der Waals surface area contributed by atoms with E-state index in [1.165, 1.54) is 0 Å². The van der Waals surface area contributed by atoms with Gasteiger partial charge in [0.05, 0.1) is 5.69 Å². The Kier molecular flexibility index (Phi) is 4.23. The maximum atomic E-state index is 12.5. The smallest absolute Gasteiger partial charge is 0.342 e. The van der Waals surface area contributed by atoms with Gasteiger partial charge in [-0.05, 0) is 39.9 Å². The highest BCUT2D eigenvalue weighted by Crippen LogP contribution is 2.25. The topological polar surface area (TPSA) is 55.0 Å². The summed E-state index contributed by atoms with van der Waals surface area (Å²) in [6, 6.07) is 9.48. The highest BCUT2D eigenvalue weighted by atomic mass is 32.1. The number of hydrogen-bond donors (Lipinski definition) is 1. The molecule has 0 fully saturated rings. The van der Waals surface area contributed by atoms with Gasteiger partial charge in [0.25, 0.3) is 0 Å². The summed E-state index contributed by atoms with van der Waals surface area (Å²) in [6.45, 7) is 7.30. The van der Waals surface area contributed by atoms with Gasteiger partial charge in [0.2, 0.25) is 0 Å². The fourth-order valence-corrected chi connectivity index (χ4v) is 2.21. The van der Waals surface area contributed by atoms with Crippen LogP contribution in [0.4, 0.5) is 0 Å². The van der Waals surface area contributed by atoms with E-state index in [1.54, 1.807) is 6.92 Å². The third kappa shape index (κ3) is 3.76. The average Bonchev–Trinajstić information content (AvgIpc) is 2.36. The molecule has 110 valence electrons. The zero-order chi connectivity index (χ0) is 15.6. The standard InChI is InChI=1S/C16H18N2O2S/c1-10-12(14(19)20-16(2,3)4)13(18-15(21)17-10)11-8-6-5-7-9-11/h5-9H,1-4H3,(H,17,18,21). The molecule has 4 nitrogen and oxygen atoms in total. The Morgan fingerprint density at radius 1 is 1.24 bits per heavy atom. The summed E-state index contributed by atoms with van der Waals surface area (Å²) in [5.74, 6) is -0.405. The van der Waals surface area contributed by atoms with E-state index >= 15 is 0 Å². The number of benzene rings is 1. The van der Waals surface area contributed by atoms with Gasteiger partial charge in [0.1, 0.15) is 11.2 Å². The Morgan fingerprint density at radius 3 is 2.43 bits per heavy atom. The Labute approximate surface area is 129 Å². The summed E-state index contributed by atoms with van der Waals surface area (Å²) in [5.41, 5.74) is 1.89. The van der Waals surface area contributed by atoms with E-state index in [0.29, 0.717) is 21.7 Å². The van der Waals surface area contributed by atoms with Gasteiger partial charge in [0.15, 0.2) is 4.77 Å². The summed E-state index contributed by atoms with van der Waals surface area (Å²) in [4.78, 5) is 19.7. The summed E-state index contributed by atoms with van der Waals surface area (Å²) >= 11 is 5.12. The molecule has 1 heterocycles. The number of rotatable bonds is 2. The number of aryl methyl sites for hydroxylation is 1. The summed E-state index contributed by atoms with van der Waals surface area (Å²) in [7, 11) is 0. The number of carbonyl (C=O) groups excluding carboxylic acids is 1. The number of ether oxygens (including phenoxy) is 1. The number of carbonyl (C=O) groups is 1. The zero-order valence-corrected chi connectivity index (χ0v) is 13.4. The second-order valence-electron chi connectivity index (χ2n) is 5.76. The number of nitrogens with zero attached hydrogens (tertiary/aromatic N) is 1. The fourth-order valence-electron chi connectivity index (χ4n) is 1.97. The van der Waals surface area contributed by atoms with Gasteiger partial charge < -0.3 is 9.72 Å². The van der Waals surface area contributed by atoms with Gasteiger partial charge in [-0.2, -0.15) is 0 Å². The molecule has 1 aromatic carbocycles. The lowest BCUT2D eigenvalue weighted by Crippen LogP contribution is -2.25. The van der Waals surface area contributed by atoms with Crippen LogP contribution in [0, 0.1) is 11.7 Å². The molecule has 0 bridgehead atoms. The summed E-state index contributed by atoms with van der Waals surface area (Å²) < 4.78 is 5.82. The molecule has 0 saturated heterocycles. The first-order valence-corrected chi connectivity index (χ1v) is 7.08. The van der Waals surface area contributed by atoms with E-state index < -0.39 is 11.6 Å². The maximum Gasteiger partial charge on any atom is 0.342 e. The number of nitrogens with one attached hydrogen (secondary N) is 1. The number of esters is 1. The molecule has 0 aliphatic rings. The molecule has 0 aliphatic heterocycles. The predicted molar refractivity (Wildman–Crippen MR) is 84.8 cm³/mol. The largest absolute Gasteiger partial charge is 0.456 e. The van der Waals surface area contributed by atoms with E-state index in [4.69, 9.17) is 17.0 Å². The second kappa shape index (κ2) is 5.77. The molecule has 1 N–H and O–H groups in total. The van der Waals surface area contributed by atoms with Gasteiger partial charge in [-0.25, -0.2) is 9.78 Å². The molecule has 2 rings (SSSR count). The Balaban J connectivity index is 2.60. The Bertz CT molecular complexity index is 715. The predicted octanol–water partition coefficient (Wildman–Crippen LogP) is 4.07. The van der Waals surface area contributed by atoms with Crippen LogP contribution in [-0.4, -0.2) is 21.5 Å². The SMILES string of the molecule is Cc1[nH]c(=S)nc(-c2ccccc2)c1C(=O)OC(C)(C)C. The summed E-state index contributed by atoms with van der Waals surface area (Å²) in [6.07, 6.45) is 0. The monoisotopic (exact) mass is 302 g/mol. The molecule has 0 amide bonds. The van der Waals surface area contributed by atoms with E-state index in [2.05, 4.69) is 9.97 Å². The van der Waals surface area contributed by atoms with Gasteiger partial charge in [-0.1, -0.05) is 30.3 Å². The molecule has 0 saturated carbocycles. The molecule has 0 aliphatic carbocycles. The lowest BCUT2D eigenvalue weighted by molar-refractivity contribution is 0.00687. The normalized spacial score (nSPS) is 11.2. The van der Waals surface area contributed by atoms with E-state index in [9.17, 15) is 4.79 Å². The molecule has 21 heavy (non-hydrogen) atoms. The van der Waals surface area contributed by atoms with Crippen molar-refractivity contribution < 1.29 is 9.53 Å². The van der Waals surface area contributed by atoms with Crippen molar-refractivity contribution in [3.05, 3.63) is 46.4 Å². The molecule has 0 spiro atoms. The molecule has 2 aromatic rings. The quantitative estimate of drug-likeness (QED) is 0.671. The van der Waals surface area contributed by atoms with Crippen LogP contribution in [0.15, 0.2) is 30.3 Å². The van der Waals surface area contributed by atoms with Crippen molar-refractivity contribution in [1.82, 2.24) is 9.97 Å². The van der Waals surface area contributed by atoms with Crippen molar-refractivity contribution in [2.75, 3.05) is 0 Å². The van der Waals surface area contributed by atoms with Crippen LogP contribution in [0.3, 0.4) is 0 Å². The highest BCUT2D eigenvalue weighted by Gasteiger charge is 2.24. The first-order valence-electron chi connectivity index (χ1n) is 6.67. The third-order valence-electron chi connectivity index (χ3n) is 2.77. The second-order valence-corrected chi connectivity index (χ2v) is 6.15. The number of H-pyrrole nitrogens is 1. The number of aromatic amines is 1. The lowest BCUT2D eigenvalue weighted by atomic mass is 10.0. The molecule has 1 aromatic heterocycles. The molecule has 0 unspecified atom stereocenters. The fraction of sp³-hybridized carbons (Fsp3) is 0.312. The first kappa shape index (κ1) is 15.4. The van der Waals surface area contributed by atoms with Gasteiger partial charge >= 0.3 is 5.97 Å². The van der Waals surface area contributed by atoms with Crippen molar-refractivity contribution in [2.24, 2.45) is 0 Å². The van der Waals surface area contributed by atoms with E-state index in [-0.39, 0.29) is 0 Å². The van der Waals surface area contributed by atoms with Crippen molar-refractivity contribution >= 4 is 18.2 Å². The molecular weight excluding hydrogens is 284 g/mol. The van der Waals surface area contributed by atoms with E-state index in [0.717, 1.165) is 5.56 Å². The highest BCUT2D eigenvalue weighted by molar-refractivity contribution is 7.71. The van der Waals surface area contributed by atoms with Crippen molar-refractivity contribution in [3.63, 3.8) is 0 Å². The van der Waals surface area contributed by atoms with Gasteiger partial charge in [-0.15, -0.1) is 0 Å². The van der Waals surface area contributed by atoms with E-state index in [1.807, 2.05) is 51.1 Å².